The van der Waals surface area contributed by atoms with Gasteiger partial charge in [-0.2, -0.15) is 0 Å². The number of ether oxygens (including phenoxy) is 2. The lowest BCUT2D eigenvalue weighted by molar-refractivity contribution is -0.154. The Kier molecular flexibility index (Phi) is 43.5. The fraction of sp³-hybridized carbons (Fsp3) is 0.653. The van der Waals surface area contributed by atoms with Crippen LogP contribution in [0.15, 0.2) is 97.2 Å². The fourth-order valence-electron chi connectivity index (χ4n) is 5.68. The van der Waals surface area contributed by atoms with E-state index in [0.29, 0.717) is 13.0 Å². The summed E-state index contributed by atoms with van der Waals surface area (Å²) in [5.74, 6) is -0.378. The highest BCUT2D eigenvalue weighted by atomic mass is 31.2. The maximum atomic E-state index is 12.6. The summed E-state index contributed by atoms with van der Waals surface area (Å²) in [5, 5.41) is 0. The zero-order valence-corrected chi connectivity index (χ0v) is 37.6. The van der Waals surface area contributed by atoms with Crippen LogP contribution in [0.2, 0.25) is 0 Å². The van der Waals surface area contributed by atoms with Crippen LogP contribution in [-0.2, 0) is 27.9 Å². The van der Waals surface area contributed by atoms with Crippen molar-refractivity contribution in [1.29, 1.82) is 0 Å². The first-order valence-electron chi connectivity index (χ1n) is 22.7. The van der Waals surface area contributed by atoms with Crippen LogP contribution >= 0.6 is 7.82 Å². The Morgan fingerprint density at radius 2 is 0.966 bits per heavy atom. The maximum absolute atomic E-state index is 12.6. The van der Waals surface area contributed by atoms with Gasteiger partial charge in [0.25, 0.3) is 0 Å². The van der Waals surface area contributed by atoms with Gasteiger partial charge in [0, 0.05) is 19.6 Å². The lowest BCUT2D eigenvalue weighted by Crippen LogP contribution is -2.28. The first-order chi connectivity index (χ1) is 28.4. The molecule has 9 heteroatoms. The molecule has 8 nitrogen and oxygen atoms in total. The molecule has 0 aromatic rings. The fourth-order valence-corrected chi connectivity index (χ4v) is 6.44. The topological polar surface area (TPSA) is 117 Å². The van der Waals surface area contributed by atoms with Gasteiger partial charge in [-0.3, -0.25) is 13.8 Å². The molecule has 0 bridgehead atoms. The molecule has 0 aromatic carbocycles. The predicted molar refractivity (Wildman–Crippen MR) is 247 cm³/mol. The van der Waals surface area contributed by atoms with Crippen molar-refractivity contribution in [2.75, 3.05) is 33.0 Å². The second-order valence-electron chi connectivity index (χ2n) is 14.5. The number of hydrogen-bond acceptors (Lipinski definition) is 7. The first kappa shape index (κ1) is 55.4. The highest BCUT2D eigenvalue weighted by Crippen LogP contribution is 2.43. The molecule has 0 radical (unpaired) electrons. The molecule has 58 heavy (non-hydrogen) atoms. The van der Waals surface area contributed by atoms with Crippen LogP contribution < -0.4 is 5.73 Å². The highest BCUT2D eigenvalue weighted by Gasteiger charge is 2.25. The van der Waals surface area contributed by atoms with E-state index >= 15 is 0 Å². The molecular weight excluding hydrogens is 746 g/mol. The lowest BCUT2D eigenvalue weighted by atomic mass is 10.1. The number of allylic oxidation sites excluding steroid dienone is 16. The van der Waals surface area contributed by atoms with E-state index in [-0.39, 0.29) is 38.8 Å². The molecule has 0 amide bonds. The molecule has 3 N–H and O–H groups in total. The van der Waals surface area contributed by atoms with Gasteiger partial charge >= 0.3 is 13.8 Å². The van der Waals surface area contributed by atoms with E-state index in [9.17, 15) is 14.3 Å². The zero-order chi connectivity index (χ0) is 42.3. The largest absolute Gasteiger partial charge is 0.472 e. The molecule has 0 rings (SSSR count). The summed E-state index contributed by atoms with van der Waals surface area (Å²) in [6, 6.07) is 0. The number of unbranched alkanes of at least 4 members (excludes halogenated alkanes) is 13. The third-order valence-electron chi connectivity index (χ3n) is 8.99. The lowest BCUT2D eigenvalue weighted by Gasteiger charge is -2.20. The number of carbonyl (C=O) groups excluding carboxylic acids is 1. The summed E-state index contributed by atoms with van der Waals surface area (Å²) in [4.78, 5) is 22.5. The quantitative estimate of drug-likeness (QED) is 0.0270. The molecule has 0 spiro atoms. The zero-order valence-electron chi connectivity index (χ0n) is 36.7. The molecule has 0 saturated heterocycles. The number of phosphoric acid groups is 1. The van der Waals surface area contributed by atoms with Crippen LogP contribution in [0.5, 0.6) is 0 Å². The van der Waals surface area contributed by atoms with Gasteiger partial charge in [-0.1, -0.05) is 162 Å². The maximum Gasteiger partial charge on any atom is 0.472 e. The Morgan fingerprint density at radius 1 is 0.534 bits per heavy atom. The van der Waals surface area contributed by atoms with Gasteiger partial charge in [0.05, 0.1) is 19.8 Å². The van der Waals surface area contributed by atoms with E-state index in [2.05, 4.69) is 111 Å². The van der Waals surface area contributed by atoms with Crippen molar-refractivity contribution in [2.24, 2.45) is 5.73 Å². The monoisotopic (exact) mass is 830 g/mol. The molecule has 2 atom stereocenters. The van der Waals surface area contributed by atoms with E-state index < -0.39 is 13.9 Å². The third kappa shape index (κ3) is 44.5. The second-order valence-corrected chi connectivity index (χ2v) is 16.0. The van der Waals surface area contributed by atoms with E-state index in [1.54, 1.807) is 0 Å². The third-order valence-corrected chi connectivity index (χ3v) is 9.97. The smallest absolute Gasteiger partial charge is 0.457 e. The van der Waals surface area contributed by atoms with E-state index in [0.717, 1.165) is 70.6 Å². The number of hydrogen-bond donors (Lipinski definition) is 2. The normalized spacial score (nSPS) is 14.3. The second kappa shape index (κ2) is 45.5. The van der Waals surface area contributed by atoms with Crippen molar-refractivity contribution in [3.63, 3.8) is 0 Å². The van der Waals surface area contributed by atoms with Crippen LogP contribution in [0.4, 0.5) is 0 Å². The SMILES string of the molecule is CC/C=C\C/C=C\C/C=C\C/C=C\C/C=C\C/C=C\CCCCC(=O)OC(COCCCCCCCCCC/C=C\C/C=C\CCCCC)COP(=O)(O)OCCN. The summed E-state index contributed by atoms with van der Waals surface area (Å²) in [5.41, 5.74) is 5.37. The van der Waals surface area contributed by atoms with Crippen molar-refractivity contribution in [1.82, 2.24) is 0 Å². The minimum absolute atomic E-state index is 0.0865. The molecule has 0 aliphatic heterocycles. The summed E-state index contributed by atoms with van der Waals surface area (Å²) in [7, 11) is -4.30. The number of rotatable bonds is 42. The Bertz CT molecular complexity index is 1200. The standard InChI is InChI=1S/C49H84NO7P/c1-3-5-7-9-11-13-15-17-19-21-23-24-25-26-28-30-32-34-36-38-40-42-49(51)57-48(47-56-58(52,53)55-45-43-50)46-54-44-41-39-37-35-33-31-29-27-22-20-18-16-14-12-10-8-6-4-2/h5,7,11-14,17-20,23-24,26,28,32,34,48H,3-4,6,8-10,15-16,21-22,25,27,29-31,33,35-47,50H2,1-2H3,(H,52,53)/b7-5-,13-11-,14-12-,19-17-,20-18-,24-23-,28-26-,34-32-. The molecule has 0 fully saturated rings. The van der Waals surface area contributed by atoms with Gasteiger partial charge in [0.1, 0.15) is 6.10 Å². The van der Waals surface area contributed by atoms with Gasteiger partial charge < -0.3 is 20.1 Å². The van der Waals surface area contributed by atoms with Crippen molar-refractivity contribution < 1.29 is 32.8 Å². The van der Waals surface area contributed by atoms with Crippen LogP contribution in [-0.4, -0.2) is 49.9 Å². The molecule has 2 unspecified atom stereocenters. The Balaban J connectivity index is 4.14. The molecule has 0 saturated carbocycles. The van der Waals surface area contributed by atoms with Crippen LogP contribution in [0, 0.1) is 0 Å². The number of phosphoric ester groups is 1. The van der Waals surface area contributed by atoms with Gasteiger partial charge in [-0.15, -0.1) is 0 Å². The summed E-state index contributed by atoms with van der Waals surface area (Å²) in [6.45, 7) is 4.69. The van der Waals surface area contributed by atoms with Gasteiger partial charge in [-0.25, -0.2) is 4.57 Å². The molecule has 0 aliphatic rings. The summed E-state index contributed by atoms with van der Waals surface area (Å²) < 4.78 is 33.4. The van der Waals surface area contributed by atoms with Crippen molar-refractivity contribution in [3.05, 3.63) is 97.2 Å². The van der Waals surface area contributed by atoms with E-state index in [1.165, 1.54) is 70.6 Å². The number of nitrogens with two attached hydrogens (primary N) is 1. The van der Waals surface area contributed by atoms with Crippen LogP contribution in [0.1, 0.15) is 168 Å². The molecule has 0 heterocycles. The van der Waals surface area contributed by atoms with E-state index in [4.69, 9.17) is 24.3 Å². The summed E-state index contributed by atoms with van der Waals surface area (Å²) >= 11 is 0. The van der Waals surface area contributed by atoms with Crippen molar-refractivity contribution >= 4 is 13.8 Å². The van der Waals surface area contributed by atoms with Gasteiger partial charge in [0.15, 0.2) is 0 Å². The molecule has 0 aromatic heterocycles. The predicted octanol–water partition coefficient (Wildman–Crippen LogP) is 13.9. The Hall–Kier alpha value is -2.58. The van der Waals surface area contributed by atoms with Gasteiger partial charge in [0.2, 0.25) is 0 Å². The average Bonchev–Trinajstić information content (AvgIpc) is 3.21. The Morgan fingerprint density at radius 3 is 1.45 bits per heavy atom. The molecular formula is C49H84NO7P. The van der Waals surface area contributed by atoms with Crippen molar-refractivity contribution in [3.8, 4) is 0 Å². The van der Waals surface area contributed by atoms with Crippen LogP contribution in [0.25, 0.3) is 0 Å². The minimum atomic E-state index is -4.30. The number of esters is 1. The highest BCUT2D eigenvalue weighted by molar-refractivity contribution is 7.47. The summed E-state index contributed by atoms with van der Waals surface area (Å²) in [6.07, 6.45) is 60.0. The minimum Gasteiger partial charge on any atom is -0.457 e. The first-order valence-corrected chi connectivity index (χ1v) is 24.2. The average molecular weight is 830 g/mol. The van der Waals surface area contributed by atoms with Crippen molar-refractivity contribution in [2.45, 2.75) is 174 Å². The Labute approximate surface area is 355 Å². The van der Waals surface area contributed by atoms with E-state index in [1.807, 2.05) is 0 Å². The molecule has 0 aliphatic carbocycles. The van der Waals surface area contributed by atoms with Gasteiger partial charge in [-0.05, 0) is 96.3 Å². The molecule has 332 valence electrons. The number of carbonyl (C=O) groups is 1. The van der Waals surface area contributed by atoms with Crippen LogP contribution in [0.3, 0.4) is 0 Å².